The number of amides is 1. The lowest BCUT2D eigenvalue weighted by Crippen LogP contribution is -2.46. The first-order chi connectivity index (χ1) is 24.5. The number of hydrogen-bond acceptors (Lipinski definition) is 7. The molecule has 1 aliphatic rings. The van der Waals surface area contributed by atoms with E-state index in [0.717, 1.165) is 28.1 Å². The van der Waals surface area contributed by atoms with Crippen molar-refractivity contribution in [1.82, 2.24) is 4.57 Å². The van der Waals surface area contributed by atoms with Crippen LogP contribution in [0, 0.1) is 5.82 Å². The molecule has 2 atom stereocenters. The fourth-order valence-corrected chi connectivity index (χ4v) is 6.86. The number of nitrogens with zero attached hydrogens (tertiary/aromatic N) is 1. The first kappa shape index (κ1) is 38.4. The van der Waals surface area contributed by atoms with Gasteiger partial charge in [-0.2, -0.15) is 0 Å². The maximum Gasteiger partial charge on any atom is 0.337 e. The van der Waals surface area contributed by atoms with Crippen LogP contribution in [0.3, 0.4) is 0 Å². The summed E-state index contributed by atoms with van der Waals surface area (Å²) in [5.74, 6) is -2.53. The quantitative estimate of drug-likeness (QED) is 0.155. The van der Waals surface area contributed by atoms with Crippen LogP contribution in [-0.4, -0.2) is 53.1 Å². The summed E-state index contributed by atoms with van der Waals surface area (Å²) in [7, 11) is 1.32. The topological polar surface area (TPSA) is 105 Å². The molecular weight excluding hydrogens is 663 g/mol. The molecule has 10 heteroatoms. The molecule has 0 radical (unpaired) electrons. The minimum atomic E-state index is -0.934. The molecule has 0 bridgehead atoms. The number of carbonyl (C=O) groups excluding carboxylic acids is 3. The Morgan fingerprint density at radius 3 is 2.15 bits per heavy atom. The average molecular weight is 713 g/mol. The van der Waals surface area contributed by atoms with Crippen molar-refractivity contribution >= 4 is 23.5 Å². The van der Waals surface area contributed by atoms with Crippen LogP contribution < -0.4 is 5.32 Å². The van der Waals surface area contributed by atoms with Crippen molar-refractivity contribution in [2.45, 2.75) is 104 Å². The molecule has 1 saturated heterocycles. The Kier molecular flexibility index (Phi) is 11.7. The third kappa shape index (κ3) is 9.35. The summed E-state index contributed by atoms with van der Waals surface area (Å²) >= 11 is 0. The second kappa shape index (κ2) is 15.8. The van der Waals surface area contributed by atoms with Gasteiger partial charge in [-0.05, 0) is 107 Å². The van der Waals surface area contributed by atoms with Gasteiger partial charge in [0, 0.05) is 29.9 Å². The van der Waals surface area contributed by atoms with Crippen LogP contribution >= 0.6 is 0 Å². The molecule has 0 spiro atoms. The number of benzene rings is 3. The van der Waals surface area contributed by atoms with E-state index in [4.69, 9.17) is 18.9 Å². The van der Waals surface area contributed by atoms with E-state index in [2.05, 4.69) is 9.88 Å². The number of esters is 2. The lowest BCUT2D eigenvalue weighted by molar-refractivity contribution is -0.301. The number of methoxy groups -OCH3 is 1. The zero-order valence-corrected chi connectivity index (χ0v) is 31.2. The normalized spacial score (nSPS) is 17.1. The van der Waals surface area contributed by atoms with Gasteiger partial charge in [-0.3, -0.25) is 9.59 Å². The molecule has 1 aliphatic heterocycles. The SMILES string of the molecule is COC(=O)c1ccc(NC(=O)c2c(-c3ccccc3)c(-c3ccc(F)cc3)n(CC[C@@H]3C[C@H](CC(=O)OC(C)(C)C)OC(C)(C)O3)c2C(C)C)cc1. The standard InChI is InChI=1S/C42H49FN2O7/c1-26(2)37-36(39(47)44-31-20-16-29(17-21-31)40(48)49-8)35(27-12-10-9-11-13-27)38(28-14-18-30(43)19-15-28)45(37)23-22-32-24-33(51-42(6,7)50-32)25-34(46)52-41(3,4)5/h9-21,26,32-33H,22-25H2,1-8H3,(H,44,47)/t32-,33-/m1/s1. The predicted octanol–water partition coefficient (Wildman–Crippen LogP) is 9.16. The van der Waals surface area contributed by atoms with Crippen molar-refractivity contribution in [3.8, 4) is 22.4 Å². The minimum Gasteiger partial charge on any atom is -0.465 e. The summed E-state index contributed by atoms with van der Waals surface area (Å²) in [5, 5.41) is 3.06. The van der Waals surface area contributed by atoms with Crippen molar-refractivity contribution < 1.29 is 37.7 Å². The van der Waals surface area contributed by atoms with E-state index in [1.165, 1.54) is 19.2 Å². The number of ether oxygens (including phenoxy) is 4. The van der Waals surface area contributed by atoms with Gasteiger partial charge >= 0.3 is 11.9 Å². The van der Waals surface area contributed by atoms with Gasteiger partial charge in [-0.1, -0.05) is 44.2 Å². The van der Waals surface area contributed by atoms with Crippen molar-refractivity contribution in [3.63, 3.8) is 0 Å². The second-order valence-electron chi connectivity index (χ2n) is 14.9. The van der Waals surface area contributed by atoms with Gasteiger partial charge in [0.1, 0.15) is 11.4 Å². The highest BCUT2D eigenvalue weighted by molar-refractivity contribution is 6.12. The van der Waals surface area contributed by atoms with E-state index >= 15 is 0 Å². The number of nitrogens with one attached hydrogen (secondary N) is 1. The third-order valence-electron chi connectivity index (χ3n) is 8.74. The molecule has 3 aromatic carbocycles. The second-order valence-corrected chi connectivity index (χ2v) is 14.9. The molecule has 276 valence electrons. The van der Waals surface area contributed by atoms with Crippen molar-refractivity contribution in [2.24, 2.45) is 0 Å². The van der Waals surface area contributed by atoms with Gasteiger partial charge in [0.25, 0.3) is 5.91 Å². The molecule has 9 nitrogen and oxygen atoms in total. The molecule has 5 rings (SSSR count). The highest BCUT2D eigenvalue weighted by Gasteiger charge is 2.38. The number of halogens is 1. The molecule has 0 unspecified atom stereocenters. The van der Waals surface area contributed by atoms with E-state index in [1.807, 2.05) is 78.8 Å². The molecule has 1 N–H and O–H groups in total. The van der Waals surface area contributed by atoms with E-state index < -0.39 is 23.5 Å². The molecule has 1 aromatic heterocycles. The first-order valence-corrected chi connectivity index (χ1v) is 17.7. The fourth-order valence-electron chi connectivity index (χ4n) is 6.86. The van der Waals surface area contributed by atoms with Gasteiger partial charge in [0.15, 0.2) is 5.79 Å². The molecule has 4 aromatic rings. The fraction of sp³-hybridized carbons (Fsp3) is 0.405. The van der Waals surface area contributed by atoms with Crippen LogP contribution in [0.4, 0.5) is 10.1 Å². The number of carbonyl (C=O) groups is 3. The van der Waals surface area contributed by atoms with Crippen molar-refractivity contribution in [3.05, 3.63) is 102 Å². The van der Waals surface area contributed by atoms with Crippen molar-refractivity contribution in [1.29, 1.82) is 0 Å². The summed E-state index contributed by atoms with van der Waals surface area (Å²) in [6, 6.07) is 22.5. The molecule has 52 heavy (non-hydrogen) atoms. The lowest BCUT2D eigenvalue weighted by atomic mass is 9.94. The van der Waals surface area contributed by atoms with E-state index in [0.29, 0.717) is 36.2 Å². The third-order valence-corrected chi connectivity index (χ3v) is 8.74. The Morgan fingerprint density at radius 2 is 1.56 bits per heavy atom. The van der Waals surface area contributed by atoms with Gasteiger partial charge < -0.3 is 28.8 Å². The molecule has 0 aliphatic carbocycles. The molecule has 1 amide bonds. The highest BCUT2D eigenvalue weighted by Crippen LogP contribution is 2.43. The number of hydrogen-bond donors (Lipinski definition) is 1. The summed E-state index contributed by atoms with van der Waals surface area (Å²) < 4.78 is 39.5. The molecule has 2 heterocycles. The largest absolute Gasteiger partial charge is 0.465 e. The maximum absolute atomic E-state index is 14.5. The zero-order chi connectivity index (χ0) is 37.8. The van der Waals surface area contributed by atoms with Gasteiger partial charge in [-0.15, -0.1) is 0 Å². The maximum atomic E-state index is 14.5. The lowest BCUT2D eigenvalue weighted by Gasteiger charge is -2.41. The van der Waals surface area contributed by atoms with Crippen LogP contribution in [0.1, 0.15) is 100 Å². The zero-order valence-electron chi connectivity index (χ0n) is 31.2. The van der Waals surface area contributed by atoms with Crippen LogP contribution in [0.25, 0.3) is 22.4 Å². The number of anilines is 1. The summed E-state index contributed by atoms with van der Waals surface area (Å²) in [5.41, 5.74) is 4.64. The summed E-state index contributed by atoms with van der Waals surface area (Å²) in [4.78, 5) is 39.3. The number of aromatic nitrogens is 1. The Bertz CT molecular complexity index is 1870. The first-order valence-electron chi connectivity index (χ1n) is 17.7. The van der Waals surface area contributed by atoms with E-state index in [-0.39, 0.29) is 36.1 Å². The number of rotatable bonds is 11. The minimum absolute atomic E-state index is 0.102. The summed E-state index contributed by atoms with van der Waals surface area (Å²) in [6.07, 6.45) is 0.454. The van der Waals surface area contributed by atoms with Crippen LogP contribution in [0.5, 0.6) is 0 Å². The Morgan fingerprint density at radius 1 is 0.923 bits per heavy atom. The molecular formula is C42H49FN2O7. The van der Waals surface area contributed by atoms with Gasteiger partial charge in [0.05, 0.1) is 42.6 Å². The molecule has 1 fully saturated rings. The van der Waals surface area contributed by atoms with Crippen molar-refractivity contribution in [2.75, 3.05) is 12.4 Å². The Labute approximate surface area is 305 Å². The summed E-state index contributed by atoms with van der Waals surface area (Å²) in [6.45, 7) is 13.7. The van der Waals surface area contributed by atoms with Crippen LogP contribution in [0.2, 0.25) is 0 Å². The predicted molar refractivity (Wildman–Crippen MR) is 199 cm³/mol. The average Bonchev–Trinajstić information content (AvgIpc) is 3.42. The molecule has 0 saturated carbocycles. The van der Waals surface area contributed by atoms with Gasteiger partial charge in [-0.25, -0.2) is 9.18 Å². The van der Waals surface area contributed by atoms with E-state index in [9.17, 15) is 18.8 Å². The Hall–Kier alpha value is -4.80. The smallest absolute Gasteiger partial charge is 0.337 e. The van der Waals surface area contributed by atoms with Crippen LogP contribution in [-0.2, 0) is 30.3 Å². The van der Waals surface area contributed by atoms with Crippen LogP contribution in [0.15, 0.2) is 78.9 Å². The Balaban J connectivity index is 1.59. The van der Waals surface area contributed by atoms with E-state index in [1.54, 1.807) is 36.4 Å². The highest BCUT2D eigenvalue weighted by atomic mass is 19.1. The monoisotopic (exact) mass is 712 g/mol. The van der Waals surface area contributed by atoms with Gasteiger partial charge in [0.2, 0.25) is 0 Å².